The lowest BCUT2D eigenvalue weighted by molar-refractivity contribution is -0.151. The van der Waals surface area contributed by atoms with Gasteiger partial charge in [-0.3, -0.25) is 14.6 Å². The number of methoxy groups -OCH3 is 2. The quantitative estimate of drug-likeness (QED) is 0.163. The molecular weight excluding hydrogens is 761 g/mol. The third kappa shape index (κ3) is 7.31. The average molecular weight is 811 g/mol. The molecule has 308 valence electrons. The van der Waals surface area contributed by atoms with Gasteiger partial charge >= 0.3 is 18.0 Å². The molecule has 5 heterocycles. The SMILES string of the molecule is COCCOCOc1c(OC)c(C)cc2c1[C@@H]1C3[C@@H]4SC[C@@H](NC(=O)OC(C)(C)C)C(=O)OC[C@@H](c5c6c(c(C)c(OC(C)=O)c54)OCO6)N3[C@@H](C#N)[C@H](C2)N1C. The van der Waals surface area contributed by atoms with Crippen LogP contribution in [0.15, 0.2) is 6.07 Å². The highest BCUT2D eigenvalue weighted by atomic mass is 32.2. The Kier molecular flexibility index (Phi) is 11.5. The number of fused-ring (bicyclic) bond motifs is 9. The lowest BCUT2D eigenvalue weighted by Gasteiger charge is -2.61. The van der Waals surface area contributed by atoms with Crippen LogP contribution < -0.4 is 29.0 Å². The molecule has 0 aliphatic carbocycles. The number of nitriles is 1. The number of carbonyl (C=O) groups is 3. The van der Waals surface area contributed by atoms with Gasteiger partial charge in [-0.05, 0) is 59.2 Å². The average Bonchev–Trinajstić information content (AvgIpc) is 3.63. The number of hydrogen-bond donors (Lipinski definition) is 1. The van der Waals surface area contributed by atoms with Crippen LogP contribution in [0, 0.1) is 25.2 Å². The number of likely N-dealkylation sites (N-methyl/N-ethyl adjacent to an activating group) is 1. The van der Waals surface area contributed by atoms with Gasteiger partial charge in [0.2, 0.25) is 6.79 Å². The topological polar surface area (TPSA) is 177 Å². The number of cyclic esters (lactones) is 1. The second kappa shape index (κ2) is 16.1. The van der Waals surface area contributed by atoms with Crippen molar-refractivity contribution in [3.8, 4) is 34.8 Å². The van der Waals surface area contributed by atoms with Gasteiger partial charge in [0.25, 0.3) is 0 Å². The minimum atomic E-state index is -1.10. The van der Waals surface area contributed by atoms with E-state index in [1.165, 1.54) is 18.7 Å². The van der Waals surface area contributed by atoms with E-state index < -0.39 is 59.1 Å². The van der Waals surface area contributed by atoms with Crippen molar-refractivity contribution in [2.75, 3.05) is 60.4 Å². The lowest BCUT2D eigenvalue weighted by atomic mass is 9.71. The summed E-state index contributed by atoms with van der Waals surface area (Å²) in [4.78, 5) is 44.3. The highest BCUT2D eigenvalue weighted by Gasteiger charge is 2.61. The fourth-order valence-corrected chi connectivity index (χ4v) is 10.4. The van der Waals surface area contributed by atoms with E-state index in [4.69, 9.17) is 42.6 Å². The third-order valence-electron chi connectivity index (χ3n) is 11.0. The zero-order valence-electron chi connectivity index (χ0n) is 33.7. The summed E-state index contributed by atoms with van der Waals surface area (Å²) in [5.74, 6) is 1.11. The van der Waals surface area contributed by atoms with Crippen molar-refractivity contribution in [1.82, 2.24) is 15.1 Å². The van der Waals surface area contributed by atoms with Gasteiger partial charge in [0.05, 0.1) is 43.7 Å². The van der Waals surface area contributed by atoms with E-state index >= 15 is 0 Å². The van der Waals surface area contributed by atoms with Gasteiger partial charge < -0.3 is 47.9 Å². The van der Waals surface area contributed by atoms with Crippen molar-refractivity contribution >= 4 is 29.8 Å². The van der Waals surface area contributed by atoms with E-state index in [-0.39, 0.29) is 32.0 Å². The molecule has 2 fully saturated rings. The minimum absolute atomic E-state index is 0.0437. The number of alkyl carbamates (subject to hydrolysis) is 1. The minimum Gasteiger partial charge on any atom is -0.493 e. The van der Waals surface area contributed by atoms with Crippen LogP contribution in [-0.4, -0.2) is 118 Å². The fourth-order valence-electron chi connectivity index (χ4n) is 8.94. The molecule has 1 N–H and O–H groups in total. The van der Waals surface area contributed by atoms with Crippen LogP contribution in [0.3, 0.4) is 0 Å². The zero-order chi connectivity index (χ0) is 40.9. The number of piperazine rings is 1. The molecule has 4 bridgehead atoms. The predicted molar refractivity (Wildman–Crippen MR) is 205 cm³/mol. The number of thioether (sulfide) groups is 1. The molecule has 5 aliphatic rings. The lowest BCUT2D eigenvalue weighted by Crippen LogP contribution is -2.69. The van der Waals surface area contributed by atoms with E-state index in [0.29, 0.717) is 65.1 Å². The van der Waals surface area contributed by atoms with Crippen molar-refractivity contribution in [3.63, 3.8) is 0 Å². The van der Waals surface area contributed by atoms with Gasteiger partial charge in [-0.1, -0.05) is 6.07 Å². The maximum atomic E-state index is 13.9. The highest BCUT2D eigenvalue weighted by molar-refractivity contribution is 7.99. The number of carbonyl (C=O) groups excluding carboxylic acids is 3. The second-order valence-corrected chi connectivity index (χ2v) is 16.9. The summed E-state index contributed by atoms with van der Waals surface area (Å²) in [6, 6.07) is 0.905. The Labute approximate surface area is 336 Å². The molecule has 2 aromatic carbocycles. The zero-order valence-corrected chi connectivity index (χ0v) is 34.5. The van der Waals surface area contributed by atoms with Crippen LogP contribution in [0.25, 0.3) is 0 Å². The Morgan fingerprint density at radius 2 is 1.81 bits per heavy atom. The van der Waals surface area contributed by atoms with Gasteiger partial charge in [0.15, 0.2) is 29.8 Å². The molecule has 0 saturated carbocycles. The number of nitrogens with one attached hydrogen (secondary N) is 1. The van der Waals surface area contributed by atoms with E-state index in [1.54, 1.807) is 35.0 Å². The molecule has 57 heavy (non-hydrogen) atoms. The summed E-state index contributed by atoms with van der Waals surface area (Å²) in [5.41, 5.74) is 3.79. The molecule has 0 aromatic heterocycles. The first-order chi connectivity index (χ1) is 27.2. The van der Waals surface area contributed by atoms with Crippen LogP contribution in [-0.2, 0) is 35.0 Å². The van der Waals surface area contributed by atoms with Crippen molar-refractivity contribution < 1.29 is 57.0 Å². The summed E-state index contributed by atoms with van der Waals surface area (Å²) in [6.45, 7) is 10.7. The molecule has 0 spiro atoms. The molecule has 2 aromatic rings. The number of nitrogens with zero attached hydrogens (tertiary/aromatic N) is 3. The number of hydrogen-bond acceptors (Lipinski definition) is 16. The molecule has 1 amide bonds. The molecule has 7 rings (SSSR count). The Bertz CT molecular complexity index is 1980. The van der Waals surface area contributed by atoms with Crippen molar-refractivity contribution in [2.45, 2.75) is 95.1 Å². The Hall–Kier alpha value is -4.47. The van der Waals surface area contributed by atoms with Gasteiger partial charge in [0, 0.05) is 54.1 Å². The van der Waals surface area contributed by atoms with Gasteiger partial charge in [-0.15, -0.1) is 11.8 Å². The smallest absolute Gasteiger partial charge is 0.408 e. The summed E-state index contributed by atoms with van der Waals surface area (Å²) < 4.78 is 53.4. The van der Waals surface area contributed by atoms with Crippen molar-refractivity contribution in [2.24, 2.45) is 0 Å². The van der Waals surface area contributed by atoms with E-state index in [9.17, 15) is 19.6 Å². The van der Waals surface area contributed by atoms with Crippen LogP contribution in [0.5, 0.6) is 28.7 Å². The fraction of sp³-hybridized carbons (Fsp3) is 0.600. The van der Waals surface area contributed by atoms with Gasteiger partial charge in [0.1, 0.15) is 30.0 Å². The first kappa shape index (κ1) is 40.7. The Morgan fingerprint density at radius 3 is 2.49 bits per heavy atom. The third-order valence-corrected chi connectivity index (χ3v) is 12.4. The molecule has 7 atom stereocenters. The number of benzene rings is 2. The first-order valence-electron chi connectivity index (χ1n) is 18.9. The monoisotopic (exact) mass is 810 g/mol. The summed E-state index contributed by atoms with van der Waals surface area (Å²) in [5, 5.41) is 13.3. The molecule has 17 heteroatoms. The number of amides is 1. The largest absolute Gasteiger partial charge is 0.493 e. The number of esters is 2. The molecular formula is C40H50N4O12S. The van der Waals surface area contributed by atoms with Gasteiger partial charge in [-0.2, -0.15) is 5.26 Å². The number of rotatable bonds is 9. The molecule has 1 unspecified atom stereocenters. The van der Waals surface area contributed by atoms with Crippen molar-refractivity contribution in [3.05, 3.63) is 39.4 Å². The maximum Gasteiger partial charge on any atom is 0.408 e. The Morgan fingerprint density at radius 1 is 1.05 bits per heavy atom. The standard InChI is InChI=1S/C40H50N4O12S/c1-19-12-22-13-24-25(14-41)44-26-15-51-38(46)23(42-39(47)56-40(4,5)6)16-57-37(29-28(26)36-34(53-18-54-36)20(2)33(29)55-21(3)45)31(44)30(43(24)7)27(22)35(32(19)49-9)52-17-50-11-10-48-8/h12,23-26,30-31,37H,10-11,13,15-18H2,1-9H3,(H,42,47)/t23-,24+,25+,26+,30-,31?,37-/m1/s1. The van der Waals surface area contributed by atoms with E-state index in [2.05, 4.69) is 27.3 Å². The Balaban J connectivity index is 1.46. The highest BCUT2D eigenvalue weighted by Crippen LogP contribution is 2.64. The predicted octanol–water partition coefficient (Wildman–Crippen LogP) is 4.42. The number of ether oxygens (including phenoxy) is 9. The van der Waals surface area contributed by atoms with Crippen LogP contribution in [0.2, 0.25) is 0 Å². The summed E-state index contributed by atoms with van der Waals surface area (Å²) in [7, 11) is 5.21. The summed E-state index contributed by atoms with van der Waals surface area (Å²) in [6.07, 6.45) is -0.254. The van der Waals surface area contributed by atoms with Crippen LogP contribution in [0.4, 0.5) is 4.79 Å². The van der Waals surface area contributed by atoms with Gasteiger partial charge in [-0.25, -0.2) is 9.59 Å². The van der Waals surface area contributed by atoms with E-state index in [1.807, 2.05) is 20.9 Å². The summed E-state index contributed by atoms with van der Waals surface area (Å²) >= 11 is 1.39. The molecule has 16 nitrogen and oxygen atoms in total. The molecule has 5 aliphatic heterocycles. The number of aryl methyl sites for hydroxylation is 1. The normalized spacial score (nSPS) is 26.2. The van der Waals surface area contributed by atoms with Crippen LogP contribution >= 0.6 is 11.8 Å². The molecule has 0 radical (unpaired) electrons. The van der Waals surface area contributed by atoms with Crippen LogP contribution in [0.1, 0.15) is 78.4 Å². The van der Waals surface area contributed by atoms with Crippen molar-refractivity contribution in [1.29, 1.82) is 5.26 Å². The molecule has 2 saturated heterocycles. The maximum absolute atomic E-state index is 13.9. The second-order valence-electron chi connectivity index (χ2n) is 15.7. The van der Waals surface area contributed by atoms with E-state index in [0.717, 1.165) is 16.7 Å². The first-order valence-corrected chi connectivity index (χ1v) is 20.0.